The van der Waals surface area contributed by atoms with Crippen molar-refractivity contribution in [3.63, 3.8) is 0 Å². The molecular formula is C26H23BrINO2. The second kappa shape index (κ2) is 9.67. The number of pyridine rings is 1. The van der Waals surface area contributed by atoms with Gasteiger partial charge in [0.15, 0.2) is 0 Å². The molecule has 0 saturated carbocycles. The summed E-state index contributed by atoms with van der Waals surface area (Å²) in [7, 11) is 1.64. The summed E-state index contributed by atoms with van der Waals surface area (Å²) < 4.78 is 7.55. The number of fused-ring (bicyclic) bond motifs is 1. The van der Waals surface area contributed by atoms with E-state index in [9.17, 15) is 5.11 Å². The Labute approximate surface area is 204 Å². The van der Waals surface area contributed by atoms with E-state index < -0.39 is 5.60 Å². The van der Waals surface area contributed by atoms with Crippen LogP contribution in [0, 0.1) is 0 Å². The summed E-state index contributed by atoms with van der Waals surface area (Å²) in [6.07, 6.45) is 0.594. The first-order valence-electron chi connectivity index (χ1n) is 10.1. The van der Waals surface area contributed by atoms with E-state index in [4.69, 9.17) is 9.72 Å². The third-order valence-electron chi connectivity index (χ3n) is 5.63. The van der Waals surface area contributed by atoms with Gasteiger partial charge in [0, 0.05) is 25.8 Å². The van der Waals surface area contributed by atoms with Gasteiger partial charge in [-0.05, 0) is 41.8 Å². The molecule has 1 heterocycles. The predicted octanol–water partition coefficient (Wildman–Crippen LogP) is 6.85. The third-order valence-corrected chi connectivity index (χ3v) is 6.67. The summed E-state index contributed by atoms with van der Waals surface area (Å²) in [6, 6.07) is 28.2. The zero-order chi connectivity index (χ0) is 21.8. The van der Waals surface area contributed by atoms with E-state index in [1.807, 2.05) is 66.7 Å². The van der Waals surface area contributed by atoms with Gasteiger partial charge in [0.2, 0.25) is 5.88 Å². The van der Waals surface area contributed by atoms with Gasteiger partial charge < -0.3 is 9.84 Å². The minimum Gasteiger partial charge on any atom is -0.481 e. The normalized spacial score (nSPS) is 14.2. The quantitative estimate of drug-likeness (QED) is 0.190. The fourth-order valence-corrected chi connectivity index (χ4v) is 5.40. The van der Waals surface area contributed by atoms with Crippen molar-refractivity contribution in [1.29, 1.82) is 0 Å². The van der Waals surface area contributed by atoms with Crippen LogP contribution in [0.5, 0.6) is 5.88 Å². The number of nitrogens with zero attached hydrogens (tertiary/aromatic N) is 1. The van der Waals surface area contributed by atoms with Crippen LogP contribution in [-0.4, -0.2) is 21.6 Å². The second-order valence-electron chi connectivity index (χ2n) is 7.50. The van der Waals surface area contributed by atoms with E-state index in [0.717, 1.165) is 36.5 Å². The maximum absolute atomic E-state index is 12.3. The van der Waals surface area contributed by atoms with Crippen LogP contribution in [0.1, 0.15) is 29.0 Å². The van der Waals surface area contributed by atoms with Crippen LogP contribution in [0.4, 0.5) is 0 Å². The highest BCUT2D eigenvalue weighted by Crippen LogP contribution is 2.47. The average molecular weight is 588 g/mol. The standard InChI is InChI=1S/C26H23BrINO2/c1-31-25-22(17-19-16-21(27)12-13-23(19)29-25)24(18-8-4-2-5-9-18)26(30,14-15-28)20-10-6-3-7-11-20/h2-13,16-17,24,30H,14-15H2,1H3. The van der Waals surface area contributed by atoms with Gasteiger partial charge in [0.1, 0.15) is 5.60 Å². The molecule has 3 aromatic carbocycles. The van der Waals surface area contributed by atoms with Gasteiger partial charge >= 0.3 is 0 Å². The van der Waals surface area contributed by atoms with Crippen LogP contribution in [0.25, 0.3) is 10.9 Å². The maximum atomic E-state index is 12.3. The number of halogens is 2. The molecule has 0 aliphatic carbocycles. The molecule has 5 heteroatoms. The molecule has 0 bridgehead atoms. The van der Waals surface area contributed by atoms with Gasteiger partial charge in [-0.1, -0.05) is 99.2 Å². The summed E-state index contributed by atoms with van der Waals surface area (Å²) >= 11 is 5.90. The van der Waals surface area contributed by atoms with Gasteiger partial charge in [-0.25, -0.2) is 4.98 Å². The number of rotatable bonds is 7. The molecule has 0 fully saturated rings. The van der Waals surface area contributed by atoms with Crippen molar-refractivity contribution in [2.45, 2.75) is 17.9 Å². The van der Waals surface area contributed by atoms with Crippen molar-refractivity contribution in [3.05, 3.63) is 106 Å². The lowest BCUT2D eigenvalue weighted by Gasteiger charge is -2.38. The molecule has 2 atom stereocenters. The van der Waals surface area contributed by atoms with E-state index in [-0.39, 0.29) is 5.92 Å². The molecule has 1 N–H and O–H groups in total. The zero-order valence-electron chi connectivity index (χ0n) is 17.1. The summed E-state index contributed by atoms with van der Waals surface area (Å²) in [6.45, 7) is 0. The highest BCUT2D eigenvalue weighted by Gasteiger charge is 2.41. The molecule has 0 aliphatic heterocycles. The average Bonchev–Trinajstić information content (AvgIpc) is 2.80. The Bertz CT molecular complexity index is 1170. The number of alkyl halides is 1. The third kappa shape index (κ3) is 4.49. The van der Waals surface area contributed by atoms with Crippen LogP contribution >= 0.6 is 38.5 Å². The van der Waals surface area contributed by atoms with Crippen molar-refractivity contribution in [2.75, 3.05) is 11.5 Å². The van der Waals surface area contributed by atoms with E-state index in [1.54, 1.807) is 7.11 Å². The summed E-state index contributed by atoms with van der Waals surface area (Å²) in [5, 5.41) is 13.3. The fraction of sp³-hybridized carbons (Fsp3) is 0.192. The molecule has 0 saturated heterocycles. The van der Waals surface area contributed by atoms with Crippen LogP contribution in [0.3, 0.4) is 0 Å². The molecule has 1 aromatic heterocycles. The number of aromatic nitrogens is 1. The van der Waals surface area contributed by atoms with Gasteiger partial charge in [0.05, 0.1) is 12.6 Å². The summed E-state index contributed by atoms with van der Waals surface area (Å²) in [4.78, 5) is 4.79. The monoisotopic (exact) mass is 587 g/mol. The number of aliphatic hydroxyl groups is 1. The lowest BCUT2D eigenvalue weighted by Crippen LogP contribution is -2.35. The number of hydrogen-bond acceptors (Lipinski definition) is 3. The maximum Gasteiger partial charge on any atom is 0.217 e. The molecule has 0 aliphatic rings. The smallest absolute Gasteiger partial charge is 0.217 e. The van der Waals surface area contributed by atoms with Gasteiger partial charge in [0.25, 0.3) is 0 Å². The molecule has 0 spiro atoms. The van der Waals surface area contributed by atoms with E-state index >= 15 is 0 Å². The van der Waals surface area contributed by atoms with Crippen molar-refractivity contribution in [3.8, 4) is 5.88 Å². The van der Waals surface area contributed by atoms with Crippen molar-refractivity contribution in [2.24, 2.45) is 0 Å². The Balaban J connectivity index is 2.02. The number of hydrogen-bond donors (Lipinski definition) is 1. The SMILES string of the molecule is COc1nc2ccc(Br)cc2cc1C(c1ccccc1)C(O)(CCI)c1ccccc1. The lowest BCUT2D eigenvalue weighted by molar-refractivity contribution is 0.0162. The van der Waals surface area contributed by atoms with Gasteiger partial charge in [-0.2, -0.15) is 0 Å². The molecule has 4 rings (SSSR count). The van der Waals surface area contributed by atoms with Gasteiger partial charge in [-0.15, -0.1) is 0 Å². The van der Waals surface area contributed by atoms with E-state index in [2.05, 4.69) is 56.7 Å². The Hall–Kier alpha value is -1.96. The molecule has 0 radical (unpaired) electrons. The first kappa shape index (κ1) is 22.2. The molecule has 158 valence electrons. The lowest BCUT2D eigenvalue weighted by atomic mass is 9.72. The van der Waals surface area contributed by atoms with E-state index in [0.29, 0.717) is 12.3 Å². The number of methoxy groups -OCH3 is 1. The van der Waals surface area contributed by atoms with Crippen molar-refractivity contribution < 1.29 is 9.84 Å². The second-order valence-corrected chi connectivity index (χ2v) is 9.49. The first-order valence-corrected chi connectivity index (χ1v) is 12.4. The van der Waals surface area contributed by atoms with Gasteiger partial charge in [-0.3, -0.25) is 0 Å². The predicted molar refractivity (Wildman–Crippen MR) is 138 cm³/mol. The highest BCUT2D eigenvalue weighted by molar-refractivity contribution is 14.1. The molecule has 0 amide bonds. The highest BCUT2D eigenvalue weighted by atomic mass is 127. The molecule has 31 heavy (non-hydrogen) atoms. The molecule has 2 unspecified atom stereocenters. The largest absolute Gasteiger partial charge is 0.481 e. The van der Waals surface area contributed by atoms with Crippen LogP contribution in [0.15, 0.2) is 89.4 Å². The molecular weight excluding hydrogens is 565 g/mol. The van der Waals surface area contributed by atoms with Crippen LogP contribution < -0.4 is 4.74 Å². The fourth-order valence-electron chi connectivity index (χ4n) is 4.20. The summed E-state index contributed by atoms with van der Waals surface area (Å²) in [5.41, 5.74) is 2.51. The first-order chi connectivity index (χ1) is 15.1. The number of benzene rings is 3. The van der Waals surface area contributed by atoms with E-state index in [1.165, 1.54) is 0 Å². The Morgan fingerprint density at radius 3 is 2.32 bits per heavy atom. The topological polar surface area (TPSA) is 42.4 Å². The molecule has 3 nitrogen and oxygen atoms in total. The van der Waals surface area contributed by atoms with Crippen LogP contribution in [0.2, 0.25) is 0 Å². The Morgan fingerprint density at radius 1 is 1.00 bits per heavy atom. The number of ether oxygens (including phenoxy) is 1. The van der Waals surface area contributed by atoms with Crippen molar-refractivity contribution in [1.82, 2.24) is 4.98 Å². The minimum atomic E-state index is -1.13. The zero-order valence-corrected chi connectivity index (χ0v) is 20.9. The molecule has 4 aromatic rings. The minimum absolute atomic E-state index is 0.350. The Kier molecular flexibility index (Phi) is 6.94. The summed E-state index contributed by atoms with van der Waals surface area (Å²) in [5.74, 6) is 0.184. The van der Waals surface area contributed by atoms with Crippen molar-refractivity contribution >= 4 is 49.4 Å². The van der Waals surface area contributed by atoms with Crippen LogP contribution in [-0.2, 0) is 5.60 Å². The Morgan fingerprint density at radius 2 is 1.68 bits per heavy atom.